The summed E-state index contributed by atoms with van der Waals surface area (Å²) in [6.07, 6.45) is 0. The molecule has 1 heteroatoms. The molecule has 0 aromatic heterocycles. The zero-order chi connectivity index (χ0) is 9.72. The van der Waals surface area contributed by atoms with Gasteiger partial charge in [-0.2, -0.15) is 0 Å². The van der Waals surface area contributed by atoms with Crippen LogP contribution in [0, 0.1) is 5.92 Å². The predicted octanol–water partition coefficient (Wildman–Crippen LogP) is 4.24. The third-order valence-electron chi connectivity index (χ3n) is 2.06. The van der Waals surface area contributed by atoms with Gasteiger partial charge in [0.05, 0.1) is 0 Å². The molecule has 0 saturated carbocycles. The minimum absolute atomic E-state index is 0.540. The molecule has 0 aliphatic rings. The van der Waals surface area contributed by atoms with Crippen LogP contribution in [-0.2, 0) is 0 Å². The summed E-state index contributed by atoms with van der Waals surface area (Å²) in [6, 6.07) is 0. The van der Waals surface area contributed by atoms with E-state index >= 15 is 0 Å². The van der Waals surface area contributed by atoms with Crippen molar-refractivity contribution in [3.8, 4) is 0 Å². The number of hydrogen-bond donors (Lipinski definition) is 0. The lowest BCUT2D eigenvalue weighted by Gasteiger charge is -2.09. The van der Waals surface area contributed by atoms with E-state index in [0.29, 0.717) is 11.2 Å². The monoisotopic (exact) mass is 184 g/mol. The molecule has 0 aliphatic heterocycles. The van der Waals surface area contributed by atoms with Crippen LogP contribution in [0.1, 0.15) is 34.6 Å². The lowest BCUT2D eigenvalue weighted by molar-refractivity contribution is 0.772. The van der Waals surface area contributed by atoms with Crippen LogP contribution in [0.15, 0.2) is 23.1 Å². The van der Waals surface area contributed by atoms with Crippen molar-refractivity contribution in [2.75, 3.05) is 0 Å². The van der Waals surface area contributed by atoms with Gasteiger partial charge in [-0.15, -0.1) is 11.8 Å². The van der Waals surface area contributed by atoms with Crippen molar-refractivity contribution in [2.45, 2.75) is 39.9 Å². The van der Waals surface area contributed by atoms with Crippen molar-refractivity contribution in [2.24, 2.45) is 5.92 Å². The SMILES string of the molecule is C=C(C)C(C)S/C=C(\C)C(C)C. The molecule has 0 N–H and O–H groups in total. The Bertz CT molecular complexity index is 177. The molecular formula is C11H20S. The normalized spacial score (nSPS) is 15.0. The minimum Gasteiger partial charge on any atom is -0.127 e. The molecule has 0 aliphatic carbocycles. The van der Waals surface area contributed by atoms with E-state index in [9.17, 15) is 0 Å². The Kier molecular flexibility index (Phi) is 5.39. The first kappa shape index (κ1) is 11.8. The van der Waals surface area contributed by atoms with E-state index in [1.165, 1.54) is 11.1 Å². The summed E-state index contributed by atoms with van der Waals surface area (Å²) >= 11 is 1.86. The van der Waals surface area contributed by atoms with Crippen LogP contribution in [0.3, 0.4) is 0 Å². The molecule has 12 heavy (non-hydrogen) atoms. The summed E-state index contributed by atoms with van der Waals surface area (Å²) in [6.45, 7) is 14.8. The second kappa shape index (κ2) is 5.47. The Hall–Kier alpha value is -0.170. The highest BCUT2D eigenvalue weighted by Crippen LogP contribution is 2.22. The first-order chi connectivity index (χ1) is 5.45. The fourth-order valence-electron chi connectivity index (χ4n) is 0.462. The van der Waals surface area contributed by atoms with Crippen molar-refractivity contribution >= 4 is 11.8 Å². The Labute approximate surface area is 81.1 Å². The molecule has 0 nitrogen and oxygen atoms in total. The summed E-state index contributed by atoms with van der Waals surface area (Å²) < 4.78 is 0. The Morgan fingerprint density at radius 3 is 2.08 bits per heavy atom. The first-order valence-corrected chi connectivity index (χ1v) is 5.37. The van der Waals surface area contributed by atoms with Gasteiger partial charge in [0.1, 0.15) is 0 Å². The molecule has 0 amide bonds. The molecule has 1 atom stereocenters. The molecule has 0 bridgehead atoms. The van der Waals surface area contributed by atoms with Gasteiger partial charge in [-0.05, 0) is 32.1 Å². The maximum absolute atomic E-state index is 3.93. The Balaban J connectivity index is 3.96. The van der Waals surface area contributed by atoms with E-state index < -0.39 is 0 Å². The van der Waals surface area contributed by atoms with E-state index in [4.69, 9.17) is 0 Å². The highest BCUT2D eigenvalue weighted by molar-refractivity contribution is 8.02. The topological polar surface area (TPSA) is 0 Å². The van der Waals surface area contributed by atoms with Crippen molar-refractivity contribution in [3.63, 3.8) is 0 Å². The van der Waals surface area contributed by atoms with Crippen LogP contribution in [-0.4, -0.2) is 5.25 Å². The summed E-state index contributed by atoms with van der Waals surface area (Å²) in [5, 5.41) is 2.79. The van der Waals surface area contributed by atoms with Crippen LogP contribution < -0.4 is 0 Å². The van der Waals surface area contributed by atoms with E-state index in [1.807, 2.05) is 11.8 Å². The zero-order valence-electron chi connectivity index (χ0n) is 8.85. The number of allylic oxidation sites excluding steroid dienone is 1. The van der Waals surface area contributed by atoms with Gasteiger partial charge in [0.2, 0.25) is 0 Å². The van der Waals surface area contributed by atoms with Crippen LogP contribution in [0.2, 0.25) is 0 Å². The predicted molar refractivity (Wildman–Crippen MR) is 60.5 cm³/mol. The van der Waals surface area contributed by atoms with Gasteiger partial charge in [-0.25, -0.2) is 0 Å². The molecule has 1 unspecified atom stereocenters. The quantitative estimate of drug-likeness (QED) is 0.589. The Morgan fingerprint density at radius 2 is 1.75 bits per heavy atom. The zero-order valence-corrected chi connectivity index (χ0v) is 9.66. The molecule has 0 saturated heterocycles. The van der Waals surface area contributed by atoms with Gasteiger partial charge in [0.25, 0.3) is 0 Å². The van der Waals surface area contributed by atoms with Gasteiger partial charge < -0.3 is 0 Å². The van der Waals surface area contributed by atoms with Gasteiger partial charge in [-0.3, -0.25) is 0 Å². The third kappa shape index (κ3) is 4.66. The molecule has 0 spiro atoms. The molecule has 0 aromatic rings. The van der Waals surface area contributed by atoms with Crippen molar-refractivity contribution < 1.29 is 0 Å². The lowest BCUT2D eigenvalue weighted by Crippen LogP contribution is -1.95. The molecular weight excluding hydrogens is 164 g/mol. The van der Waals surface area contributed by atoms with E-state index in [2.05, 4.69) is 46.6 Å². The average molecular weight is 184 g/mol. The summed E-state index contributed by atoms with van der Waals surface area (Å²) in [4.78, 5) is 0. The highest BCUT2D eigenvalue weighted by Gasteiger charge is 2.01. The summed E-state index contributed by atoms with van der Waals surface area (Å²) in [7, 11) is 0. The highest BCUT2D eigenvalue weighted by atomic mass is 32.2. The van der Waals surface area contributed by atoms with Crippen LogP contribution in [0.25, 0.3) is 0 Å². The largest absolute Gasteiger partial charge is 0.127 e. The number of thioether (sulfide) groups is 1. The average Bonchev–Trinajstić information content (AvgIpc) is 1.98. The first-order valence-electron chi connectivity index (χ1n) is 4.42. The van der Waals surface area contributed by atoms with E-state index in [-0.39, 0.29) is 0 Å². The van der Waals surface area contributed by atoms with E-state index in [0.717, 1.165) is 0 Å². The fraction of sp³-hybridized carbons (Fsp3) is 0.636. The van der Waals surface area contributed by atoms with Crippen molar-refractivity contribution in [3.05, 3.63) is 23.1 Å². The second-order valence-corrected chi connectivity index (χ2v) is 4.86. The maximum atomic E-state index is 3.93. The van der Waals surface area contributed by atoms with Gasteiger partial charge in [0.15, 0.2) is 0 Å². The molecule has 0 radical (unpaired) electrons. The van der Waals surface area contributed by atoms with Gasteiger partial charge in [-0.1, -0.05) is 31.6 Å². The minimum atomic E-state index is 0.540. The van der Waals surface area contributed by atoms with Gasteiger partial charge >= 0.3 is 0 Å². The third-order valence-corrected chi connectivity index (χ3v) is 3.38. The molecule has 0 fully saturated rings. The van der Waals surface area contributed by atoms with Crippen LogP contribution in [0.5, 0.6) is 0 Å². The van der Waals surface area contributed by atoms with Crippen molar-refractivity contribution in [1.29, 1.82) is 0 Å². The summed E-state index contributed by atoms with van der Waals surface area (Å²) in [5.74, 6) is 0.662. The van der Waals surface area contributed by atoms with Gasteiger partial charge in [0, 0.05) is 5.25 Å². The standard InChI is InChI=1S/C11H20S/c1-8(2)10(5)7-12-11(6)9(3)4/h7-8,11H,3H2,1-2,4-6H3/b10-7+. The fourth-order valence-corrected chi connectivity index (χ4v) is 1.38. The molecule has 0 rings (SSSR count). The van der Waals surface area contributed by atoms with Crippen LogP contribution in [0.4, 0.5) is 0 Å². The van der Waals surface area contributed by atoms with E-state index in [1.54, 1.807) is 0 Å². The smallest absolute Gasteiger partial charge is 0.0264 e. The lowest BCUT2D eigenvalue weighted by atomic mass is 10.1. The Morgan fingerprint density at radius 1 is 1.25 bits per heavy atom. The molecule has 70 valence electrons. The van der Waals surface area contributed by atoms with Crippen molar-refractivity contribution in [1.82, 2.24) is 0 Å². The number of hydrogen-bond acceptors (Lipinski definition) is 1. The molecule has 0 heterocycles. The summed E-state index contributed by atoms with van der Waals surface area (Å²) in [5.41, 5.74) is 2.70. The molecule has 0 aromatic carbocycles. The number of rotatable bonds is 4. The van der Waals surface area contributed by atoms with Crippen LogP contribution >= 0.6 is 11.8 Å². The maximum Gasteiger partial charge on any atom is 0.0264 e. The second-order valence-electron chi connectivity index (χ2n) is 3.64.